The Hall–Kier alpha value is -0.390. The summed E-state index contributed by atoms with van der Waals surface area (Å²) in [7, 11) is 0. The lowest BCUT2D eigenvalue weighted by molar-refractivity contribution is 0.0717. The Bertz CT molecular complexity index is 430. The maximum Gasteiger partial charge on any atom is 0.251 e. The third-order valence-corrected chi connectivity index (χ3v) is 4.09. The van der Waals surface area contributed by atoms with Crippen LogP contribution in [-0.4, -0.2) is 23.2 Å². The molecular formula is C13H15Br2NO2. The molecule has 1 fully saturated rings. The molecule has 98 valence electrons. The van der Waals surface area contributed by atoms with Gasteiger partial charge in [-0.2, -0.15) is 0 Å². The van der Waals surface area contributed by atoms with Gasteiger partial charge in [0, 0.05) is 14.5 Å². The van der Waals surface area contributed by atoms with E-state index in [0.29, 0.717) is 5.56 Å². The van der Waals surface area contributed by atoms with Crippen molar-refractivity contribution in [3.8, 4) is 0 Å². The fourth-order valence-corrected chi connectivity index (χ4v) is 3.51. The molecule has 0 spiro atoms. The van der Waals surface area contributed by atoms with Crippen LogP contribution in [0.1, 0.15) is 36.0 Å². The van der Waals surface area contributed by atoms with E-state index in [2.05, 4.69) is 37.2 Å². The Morgan fingerprint density at radius 2 is 1.78 bits per heavy atom. The van der Waals surface area contributed by atoms with E-state index in [0.717, 1.165) is 34.6 Å². The highest BCUT2D eigenvalue weighted by atomic mass is 79.9. The highest BCUT2D eigenvalue weighted by molar-refractivity contribution is 9.11. The van der Waals surface area contributed by atoms with E-state index in [4.69, 9.17) is 0 Å². The second kappa shape index (κ2) is 6.17. The number of hydrogen-bond donors (Lipinski definition) is 2. The van der Waals surface area contributed by atoms with Crippen LogP contribution in [0.4, 0.5) is 0 Å². The molecule has 18 heavy (non-hydrogen) atoms. The molecular weight excluding hydrogens is 362 g/mol. The summed E-state index contributed by atoms with van der Waals surface area (Å²) in [5, 5.41) is 12.7. The molecule has 1 aromatic carbocycles. The van der Waals surface area contributed by atoms with Gasteiger partial charge in [0.2, 0.25) is 0 Å². The molecule has 1 aliphatic carbocycles. The highest BCUT2D eigenvalue weighted by Crippen LogP contribution is 2.22. The molecule has 2 unspecified atom stereocenters. The minimum atomic E-state index is -0.418. The number of carbonyl (C=O) groups excluding carboxylic acids is 1. The molecule has 0 saturated heterocycles. The van der Waals surface area contributed by atoms with Gasteiger partial charge in [0.1, 0.15) is 0 Å². The van der Waals surface area contributed by atoms with Gasteiger partial charge in [0.15, 0.2) is 0 Å². The van der Waals surface area contributed by atoms with Crippen LogP contribution in [0.5, 0.6) is 0 Å². The maximum atomic E-state index is 12.1. The number of hydrogen-bond acceptors (Lipinski definition) is 2. The molecule has 1 aliphatic rings. The minimum absolute atomic E-state index is 0.121. The number of rotatable bonds is 2. The summed E-state index contributed by atoms with van der Waals surface area (Å²) in [4.78, 5) is 12.1. The van der Waals surface area contributed by atoms with Crippen LogP contribution in [0.2, 0.25) is 0 Å². The van der Waals surface area contributed by atoms with E-state index in [9.17, 15) is 9.90 Å². The van der Waals surface area contributed by atoms with Gasteiger partial charge in [-0.25, -0.2) is 0 Å². The number of benzene rings is 1. The summed E-state index contributed by atoms with van der Waals surface area (Å²) in [6.45, 7) is 0. The number of nitrogens with one attached hydrogen (secondary N) is 1. The predicted molar refractivity (Wildman–Crippen MR) is 77.6 cm³/mol. The molecule has 1 saturated carbocycles. The van der Waals surface area contributed by atoms with Crippen molar-refractivity contribution in [2.75, 3.05) is 0 Å². The topological polar surface area (TPSA) is 49.3 Å². The number of aliphatic hydroxyl groups excluding tert-OH is 1. The van der Waals surface area contributed by atoms with Crippen LogP contribution in [0, 0.1) is 0 Å². The van der Waals surface area contributed by atoms with Crippen molar-refractivity contribution in [3.05, 3.63) is 32.7 Å². The lowest BCUT2D eigenvalue weighted by Crippen LogP contribution is -2.45. The molecule has 0 radical (unpaired) electrons. The molecule has 0 heterocycles. The Kier molecular flexibility index (Phi) is 4.81. The van der Waals surface area contributed by atoms with E-state index >= 15 is 0 Å². The average Bonchev–Trinajstić information content (AvgIpc) is 2.31. The first-order valence-corrected chi connectivity index (χ1v) is 7.60. The first-order valence-electron chi connectivity index (χ1n) is 6.01. The molecule has 2 rings (SSSR count). The molecule has 1 amide bonds. The Balaban J connectivity index is 2.06. The van der Waals surface area contributed by atoms with E-state index in [-0.39, 0.29) is 11.9 Å². The monoisotopic (exact) mass is 375 g/mol. The molecule has 0 aromatic heterocycles. The second-order valence-corrected chi connectivity index (χ2v) is 6.42. The third kappa shape index (κ3) is 3.56. The largest absolute Gasteiger partial charge is 0.391 e. The zero-order valence-electron chi connectivity index (χ0n) is 9.83. The van der Waals surface area contributed by atoms with Crippen LogP contribution < -0.4 is 5.32 Å². The SMILES string of the molecule is O=C(NC1CCCCC1O)c1cc(Br)cc(Br)c1. The lowest BCUT2D eigenvalue weighted by atomic mass is 9.92. The molecule has 3 nitrogen and oxygen atoms in total. The average molecular weight is 377 g/mol. The fourth-order valence-electron chi connectivity index (χ4n) is 2.22. The van der Waals surface area contributed by atoms with Gasteiger partial charge in [-0.1, -0.05) is 44.7 Å². The molecule has 2 N–H and O–H groups in total. The van der Waals surface area contributed by atoms with Crippen molar-refractivity contribution in [1.29, 1.82) is 0 Å². The smallest absolute Gasteiger partial charge is 0.251 e. The Morgan fingerprint density at radius 1 is 1.17 bits per heavy atom. The number of carbonyl (C=O) groups is 1. The van der Waals surface area contributed by atoms with Crippen molar-refractivity contribution in [2.24, 2.45) is 0 Å². The maximum absolute atomic E-state index is 12.1. The van der Waals surface area contributed by atoms with Gasteiger partial charge in [0.25, 0.3) is 5.91 Å². The Labute approximate surface area is 123 Å². The molecule has 0 aliphatic heterocycles. The quantitative estimate of drug-likeness (QED) is 0.832. The standard InChI is InChI=1S/C13H15Br2NO2/c14-9-5-8(6-10(15)7-9)13(18)16-11-3-1-2-4-12(11)17/h5-7,11-12,17H,1-4H2,(H,16,18). The van der Waals surface area contributed by atoms with Crippen molar-refractivity contribution in [1.82, 2.24) is 5.32 Å². The summed E-state index contributed by atoms with van der Waals surface area (Å²) in [5.74, 6) is -0.136. The van der Waals surface area contributed by atoms with Crippen molar-refractivity contribution in [3.63, 3.8) is 0 Å². The summed E-state index contributed by atoms with van der Waals surface area (Å²) in [6, 6.07) is 5.31. The zero-order chi connectivity index (χ0) is 13.1. The van der Waals surface area contributed by atoms with Gasteiger partial charge in [-0.3, -0.25) is 4.79 Å². The van der Waals surface area contributed by atoms with E-state index in [1.807, 2.05) is 6.07 Å². The van der Waals surface area contributed by atoms with Crippen LogP contribution in [0.25, 0.3) is 0 Å². The molecule has 2 atom stereocenters. The van der Waals surface area contributed by atoms with Crippen molar-refractivity contribution in [2.45, 2.75) is 37.8 Å². The van der Waals surface area contributed by atoms with Gasteiger partial charge in [-0.15, -0.1) is 0 Å². The van der Waals surface area contributed by atoms with Gasteiger partial charge >= 0.3 is 0 Å². The Morgan fingerprint density at radius 3 is 2.39 bits per heavy atom. The van der Waals surface area contributed by atoms with Crippen molar-refractivity contribution < 1.29 is 9.90 Å². The van der Waals surface area contributed by atoms with E-state index < -0.39 is 6.10 Å². The summed E-state index contributed by atoms with van der Waals surface area (Å²) in [6.07, 6.45) is 3.30. The molecule has 5 heteroatoms. The summed E-state index contributed by atoms with van der Waals surface area (Å²) >= 11 is 6.72. The first-order chi connectivity index (χ1) is 8.56. The first kappa shape index (κ1) is 14.0. The van der Waals surface area contributed by atoms with Crippen LogP contribution >= 0.6 is 31.9 Å². The summed E-state index contributed by atoms with van der Waals surface area (Å²) < 4.78 is 1.71. The third-order valence-electron chi connectivity index (χ3n) is 3.17. The van der Waals surface area contributed by atoms with Crippen LogP contribution in [0.15, 0.2) is 27.1 Å². The van der Waals surface area contributed by atoms with Crippen LogP contribution in [0.3, 0.4) is 0 Å². The van der Waals surface area contributed by atoms with Crippen LogP contribution in [-0.2, 0) is 0 Å². The number of aliphatic hydroxyl groups is 1. The van der Waals surface area contributed by atoms with Gasteiger partial charge in [-0.05, 0) is 31.0 Å². The molecule has 0 bridgehead atoms. The fraction of sp³-hybridized carbons (Fsp3) is 0.462. The zero-order valence-corrected chi connectivity index (χ0v) is 13.0. The highest BCUT2D eigenvalue weighted by Gasteiger charge is 2.24. The number of amides is 1. The van der Waals surface area contributed by atoms with E-state index in [1.54, 1.807) is 12.1 Å². The van der Waals surface area contributed by atoms with E-state index in [1.165, 1.54) is 0 Å². The van der Waals surface area contributed by atoms with Crippen molar-refractivity contribution >= 4 is 37.8 Å². The minimum Gasteiger partial charge on any atom is -0.391 e. The normalized spacial score (nSPS) is 23.7. The van der Waals surface area contributed by atoms with Gasteiger partial charge < -0.3 is 10.4 Å². The number of halogens is 2. The predicted octanol–water partition coefficient (Wildman–Crippen LogP) is 3.24. The lowest BCUT2D eigenvalue weighted by Gasteiger charge is -2.28. The summed E-state index contributed by atoms with van der Waals surface area (Å²) in [5.41, 5.74) is 0.592. The molecule has 1 aromatic rings. The van der Waals surface area contributed by atoms with Gasteiger partial charge in [0.05, 0.1) is 12.1 Å². The second-order valence-electron chi connectivity index (χ2n) is 4.59.